The molecule has 0 aliphatic rings. The second kappa shape index (κ2) is 7.52. The van der Waals surface area contributed by atoms with Crippen LogP contribution in [0.25, 0.3) is 0 Å². The van der Waals surface area contributed by atoms with Gasteiger partial charge in [-0.3, -0.25) is 0 Å². The summed E-state index contributed by atoms with van der Waals surface area (Å²) in [5.74, 6) is 0.583. The zero-order valence-electron chi connectivity index (χ0n) is 12.1. The Morgan fingerprint density at radius 2 is 2.00 bits per heavy atom. The molecule has 1 nitrogen and oxygen atoms in total. The van der Waals surface area contributed by atoms with Gasteiger partial charge in [0.25, 0.3) is 0 Å². The molecule has 0 radical (unpaired) electrons. The number of benzene rings is 1. The minimum atomic E-state index is -0.115. The topological polar surface area (TPSA) is 12.0 Å². The minimum Gasteiger partial charge on any atom is -0.310 e. The monoisotopic (exact) mass is 251 g/mol. The van der Waals surface area contributed by atoms with Crippen LogP contribution in [-0.4, -0.2) is 6.54 Å². The van der Waals surface area contributed by atoms with Crippen LogP contribution in [-0.2, 0) is 0 Å². The van der Waals surface area contributed by atoms with Gasteiger partial charge in [-0.05, 0) is 43.0 Å². The first-order valence-electron chi connectivity index (χ1n) is 7.07. The average Bonchev–Trinajstić information content (AvgIpc) is 2.32. The maximum Gasteiger partial charge on any atom is 0.126 e. The Morgan fingerprint density at radius 1 is 1.28 bits per heavy atom. The highest BCUT2D eigenvalue weighted by molar-refractivity contribution is 5.26. The number of aryl methyl sites for hydroxylation is 1. The summed E-state index contributed by atoms with van der Waals surface area (Å²) < 4.78 is 13.3. The van der Waals surface area contributed by atoms with E-state index in [9.17, 15) is 4.39 Å². The third-order valence-corrected chi connectivity index (χ3v) is 3.45. The Labute approximate surface area is 111 Å². The van der Waals surface area contributed by atoms with Crippen LogP contribution >= 0.6 is 0 Å². The highest BCUT2D eigenvalue weighted by Gasteiger charge is 2.14. The van der Waals surface area contributed by atoms with Crippen molar-refractivity contribution in [1.82, 2.24) is 5.32 Å². The molecular formula is C16H26FN. The van der Waals surface area contributed by atoms with Crippen molar-refractivity contribution in [3.05, 3.63) is 35.1 Å². The second-order valence-electron chi connectivity index (χ2n) is 5.25. The summed E-state index contributed by atoms with van der Waals surface area (Å²) >= 11 is 0. The van der Waals surface area contributed by atoms with E-state index in [-0.39, 0.29) is 5.82 Å². The van der Waals surface area contributed by atoms with Crippen molar-refractivity contribution in [3.8, 4) is 0 Å². The van der Waals surface area contributed by atoms with Crippen LogP contribution in [0.4, 0.5) is 4.39 Å². The lowest BCUT2D eigenvalue weighted by Crippen LogP contribution is -2.23. The SMILES string of the molecule is CCCC(C)CC(NCC)c1ccc(F)c(C)c1. The van der Waals surface area contributed by atoms with Crippen molar-refractivity contribution >= 4 is 0 Å². The molecule has 2 heteroatoms. The molecule has 1 aromatic rings. The molecular weight excluding hydrogens is 225 g/mol. The van der Waals surface area contributed by atoms with Crippen molar-refractivity contribution in [2.45, 2.75) is 53.0 Å². The van der Waals surface area contributed by atoms with Gasteiger partial charge in [0, 0.05) is 6.04 Å². The third-order valence-electron chi connectivity index (χ3n) is 3.45. The fourth-order valence-electron chi connectivity index (χ4n) is 2.48. The molecule has 0 saturated heterocycles. The number of hydrogen-bond donors (Lipinski definition) is 1. The molecule has 2 atom stereocenters. The van der Waals surface area contributed by atoms with Gasteiger partial charge in [-0.25, -0.2) is 4.39 Å². The van der Waals surface area contributed by atoms with Gasteiger partial charge in [-0.2, -0.15) is 0 Å². The summed E-state index contributed by atoms with van der Waals surface area (Å²) in [7, 11) is 0. The molecule has 0 saturated carbocycles. The van der Waals surface area contributed by atoms with Crippen molar-refractivity contribution in [2.24, 2.45) is 5.92 Å². The first kappa shape index (κ1) is 15.2. The van der Waals surface area contributed by atoms with E-state index in [4.69, 9.17) is 0 Å². The summed E-state index contributed by atoms with van der Waals surface area (Å²) in [4.78, 5) is 0. The van der Waals surface area contributed by atoms with Gasteiger partial charge in [-0.1, -0.05) is 45.7 Å². The van der Waals surface area contributed by atoms with Crippen LogP contribution in [0.3, 0.4) is 0 Å². The molecule has 102 valence electrons. The van der Waals surface area contributed by atoms with Crippen LogP contribution < -0.4 is 5.32 Å². The van der Waals surface area contributed by atoms with Gasteiger partial charge in [0.2, 0.25) is 0 Å². The van der Waals surface area contributed by atoms with E-state index < -0.39 is 0 Å². The minimum absolute atomic E-state index is 0.115. The lowest BCUT2D eigenvalue weighted by atomic mass is 9.92. The highest BCUT2D eigenvalue weighted by atomic mass is 19.1. The predicted molar refractivity (Wildman–Crippen MR) is 76.2 cm³/mol. The average molecular weight is 251 g/mol. The van der Waals surface area contributed by atoms with Crippen LogP contribution in [0.1, 0.15) is 57.2 Å². The zero-order valence-corrected chi connectivity index (χ0v) is 12.1. The van der Waals surface area contributed by atoms with Gasteiger partial charge in [0.05, 0.1) is 0 Å². The predicted octanol–water partition coefficient (Wildman–Crippen LogP) is 4.61. The van der Waals surface area contributed by atoms with Crippen molar-refractivity contribution in [2.75, 3.05) is 6.54 Å². The summed E-state index contributed by atoms with van der Waals surface area (Å²) in [5.41, 5.74) is 1.94. The summed E-state index contributed by atoms with van der Waals surface area (Å²) in [6, 6.07) is 5.81. The molecule has 0 aromatic heterocycles. The van der Waals surface area contributed by atoms with Crippen LogP contribution in [0, 0.1) is 18.7 Å². The zero-order chi connectivity index (χ0) is 13.5. The van der Waals surface area contributed by atoms with E-state index in [2.05, 4.69) is 26.1 Å². The number of nitrogens with one attached hydrogen (secondary N) is 1. The van der Waals surface area contributed by atoms with Crippen LogP contribution in [0.15, 0.2) is 18.2 Å². The summed E-state index contributed by atoms with van der Waals surface area (Å²) in [6.45, 7) is 9.41. The second-order valence-corrected chi connectivity index (χ2v) is 5.25. The Balaban J connectivity index is 2.79. The first-order valence-corrected chi connectivity index (χ1v) is 7.07. The van der Waals surface area contributed by atoms with E-state index in [1.165, 1.54) is 18.4 Å². The highest BCUT2D eigenvalue weighted by Crippen LogP contribution is 2.25. The van der Waals surface area contributed by atoms with Gasteiger partial charge in [0.1, 0.15) is 5.82 Å². The lowest BCUT2D eigenvalue weighted by Gasteiger charge is -2.22. The molecule has 0 fully saturated rings. The summed E-state index contributed by atoms with van der Waals surface area (Å²) in [5, 5.41) is 3.51. The molecule has 0 aliphatic heterocycles. The maximum atomic E-state index is 13.3. The molecule has 1 N–H and O–H groups in total. The Kier molecular flexibility index (Phi) is 6.34. The van der Waals surface area contributed by atoms with E-state index in [1.54, 1.807) is 6.07 Å². The molecule has 0 aliphatic carbocycles. The number of halogens is 1. The van der Waals surface area contributed by atoms with Crippen molar-refractivity contribution in [3.63, 3.8) is 0 Å². The van der Waals surface area contributed by atoms with E-state index >= 15 is 0 Å². The Bertz CT molecular complexity index is 362. The molecule has 1 aromatic carbocycles. The van der Waals surface area contributed by atoms with E-state index in [0.29, 0.717) is 12.0 Å². The fourth-order valence-corrected chi connectivity index (χ4v) is 2.48. The number of rotatable bonds is 7. The van der Waals surface area contributed by atoms with E-state index in [1.807, 2.05) is 19.1 Å². The largest absolute Gasteiger partial charge is 0.310 e. The van der Waals surface area contributed by atoms with Crippen LogP contribution in [0.5, 0.6) is 0 Å². The first-order chi connectivity index (χ1) is 8.58. The number of hydrogen-bond acceptors (Lipinski definition) is 1. The molecule has 0 heterocycles. The maximum absolute atomic E-state index is 13.3. The quantitative estimate of drug-likeness (QED) is 0.746. The molecule has 2 unspecified atom stereocenters. The van der Waals surface area contributed by atoms with Crippen molar-refractivity contribution < 1.29 is 4.39 Å². The van der Waals surface area contributed by atoms with Crippen molar-refractivity contribution in [1.29, 1.82) is 0 Å². The third kappa shape index (κ3) is 4.41. The molecule has 0 spiro atoms. The van der Waals surface area contributed by atoms with Gasteiger partial charge in [0.15, 0.2) is 0 Å². The van der Waals surface area contributed by atoms with Gasteiger partial charge < -0.3 is 5.32 Å². The van der Waals surface area contributed by atoms with E-state index in [0.717, 1.165) is 18.5 Å². The van der Waals surface area contributed by atoms with Gasteiger partial charge >= 0.3 is 0 Å². The summed E-state index contributed by atoms with van der Waals surface area (Å²) in [6.07, 6.45) is 3.59. The standard InChI is InChI=1S/C16H26FN/c1-5-7-12(3)10-16(18-6-2)14-8-9-15(17)13(4)11-14/h8-9,11-12,16,18H,5-7,10H2,1-4H3. The Hall–Kier alpha value is -0.890. The molecule has 1 rings (SSSR count). The Morgan fingerprint density at radius 3 is 2.56 bits per heavy atom. The molecule has 0 amide bonds. The lowest BCUT2D eigenvalue weighted by molar-refractivity contribution is 0.395. The smallest absolute Gasteiger partial charge is 0.126 e. The normalized spacial score (nSPS) is 14.5. The molecule has 18 heavy (non-hydrogen) atoms. The van der Waals surface area contributed by atoms with Crippen LogP contribution in [0.2, 0.25) is 0 Å². The fraction of sp³-hybridized carbons (Fsp3) is 0.625. The molecule has 0 bridgehead atoms. The van der Waals surface area contributed by atoms with Gasteiger partial charge in [-0.15, -0.1) is 0 Å².